The lowest BCUT2D eigenvalue weighted by Crippen LogP contribution is -2.12. The molecule has 0 aliphatic heterocycles. The number of rotatable bonds is 4. The summed E-state index contributed by atoms with van der Waals surface area (Å²) in [6, 6.07) is 15.8. The fourth-order valence-electron chi connectivity index (χ4n) is 3.39. The van der Waals surface area contributed by atoms with Crippen molar-refractivity contribution in [2.75, 3.05) is 5.32 Å². The molecular formula is C23H18N4OS2. The van der Waals surface area contributed by atoms with Crippen LogP contribution in [0.1, 0.15) is 20.9 Å². The maximum Gasteiger partial charge on any atom is 0.267 e. The molecule has 5 nitrogen and oxygen atoms in total. The molecule has 0 saturated heterocycles. The van der Waals surface area contributed by atoms with E-state index in [-0.39, 0.29) is 5.91 Å². The molecule has 4 heterocycles. The number of fused-ring (bicyclic) bond motifs is 1. The second kappa shape index (κ2) is 7.51. The number of amides is 1. The normalized spacial score (nSPS) is 11.1. The van der Waals surface area contributed by atoms with E-state index in [0.29, 0.717) is 4.88 Å². The molecule has 1 N–H and O–H groups in total. The van der Waals surface area contributed by atoms with Crippen molar-refractivity contribution >= 4 is 39.9 Å². The van der Waals surface area contributed by atoms with Crippen LogP contribution in [0.3, 0.4) is 0 Å². The lowest BCUT2D eigenvalue weighted by atomic mass is 10.1. The second-order valence-corrected chi connectivity index (χ2v) is 8.91. The number of aryl methyl sites for hydroxylation is 2. The Morgan fingerprint density at radius 1 is 1.03 bits per heavy atom. The third-order valence-electron chi connectivity index (χ3n) is 4.86. The summed E-state index contributed by atoms with van der Waals surface area (Å²) in [5.41, 5.74) is 5.19. The number of pyridine rings is 1. The van der Waals surface area contributed by atoms with Crippen LogP contribution in [0.5, 0.6) is 0 Å². The van der Waals surface area contributed by atoms with Gasteiger partial charge in [0.25, 0.3) is 5.91 Å². The van der Waals surface area contributed by atoms with E-state index in [9.17, 15) is 4.79 Å². The first-order valence-electron chi connectivity index (χ1n) is 9.46. The molecule has 148 valence electrons. The summed E-state index contributed by atoms with van der Waals surface area (Å²) in [5.74, 6) is -0.153. The molecule has 0 aliphatic rings. The SMILES string of the molecule is Cc1nc(-c2cccs2)sc1C(=O)Nc1ccccc1-c1cn2cccc(C)c2n1. The average molecular weight is 431 g/mol. The number of nitrogens with zero attached hydrogens (tertiary/aromatic N) is 3. The van der Waals surface area contributed by atoms with E-state index in [1.54, 1.807) is 11.3 Å². The number of carbonyl (C=O) groups is 1. The van der Waals surface area contributed by atoms with E-state index in [0.717, 1.165) is 43.7 Å². The van der Waals surface area contributed by atoms with Gasteiger partial charge in [-0.15, -0.1) is 22.7 Å². The van der Waals surface area contributed by atoms with Crippen molar-refractivity contribution in [2.45, 2.75) is 13.8 Å². The highest BCUT2D eigenvalue weighted by atomic mass is 32.1. The molecule has 5 aromatic rings. The summed E-state index contributed by atoms with van der Waals surface area (Å²) in [4.78, 5) is 24.1. The predicted octanol–water partition coefficient (Wildman–Crippen LogP) is 6.06. The topological polar surface area (TPSA) is 59.3 Å². The number of nitrogens with one attached hydrogen (secondary N) is 1. The first-order chi connectivity index (χ1) is 14.6. The van der Waals surface area contributed by atoms with Crippen LogP contribution in [-0.4, -0.2) is 20.3 Å². The van der Waals surface area contributed by atoms with Crippen molar-refractivity contribution in [3.8, 4) is 21.1 Å². The third kappa shape index (κ3) is 3.32. The molecule has 1 aromatic carbocycles. The number of aromatic nitrogens is 3. The zero-order valence-electron chi connectivity index (χ0n) is 16.4. The number of para-hydroxylation sites is 1. The standard InChI is InChI=1S/C23H18N4OS2/c1-14-7-5-11-27-13-18(25-21(14)27)16-8-3-4-9-17(16)26-22(28)20-15(2)24-23(30-20)19-10-6-12-29-19/h3-13H,1-2H3,(H,26,28). The molecule has 0 aliphatic carbocycles. The number of imidazole rings is 1. The Kier molecular flexibility index (Phi) is 4.69. The fourth-order valence-corrected chi connectivity index (χ4v) is 5.15. The lowest BCUT2D eigenvalue weighted by molar-refractivity contribution is 0.103. The average Bonchev–Trinajstić information content (AvgIpc) is 3.48. The van der Waals surface area contributed by atoms with Crippen LogP contribution in [0.2, 0.25) is 0 Å². The Balaban J connectivity index is 1.49. The molecule has 4 aromatic heterocycles. The van der Waals surface area contributed by atoms with Gasteiger partial charge in [0.05, 0.1) is 22.0 Å². The van der Waals surface area contributed by atoms with Gasteiger partial charge in [0, 0.05) is 18.0 Å². The van der Waals surface area contributed by atoms with E-state index in [1.165, 1.54) is 11.3 Å². The van der Waals surface area contributed by atoms with Crippen LogP contribution in [-0.2, 0) is 0 Å². The van der Waals surface area contributed by atoms with Crippen LogP contribution in [0.4, 0.5) is 5.69 Å². The van der Waals surface area contributed by atoms with Crippen molar-refractivity contribution in [2.24, 2.45) is 0 Å². The van der Waals surface area contributed by atoms with Gasteiger partial charge in [-0.05, 0) is 43.0 Å². The number of carbonyl (C=O) groups excluding carboxylic acids is 1. The summed E-state index contributed by atoms with van der Waals surface area (Å²) in [6.45, 7) is 3.91. The van der Waals surface area contributed by atoms with Crippen molar-refractivity contribution in [1.29, 1.82) is 0 Å². The van der Waals surface area contributed by atoms with E-state index in [2.05, 4.69) is 10.3 Å². The zero-order chi connectivity index (χ0) is 20.7. The molecule has 0 radical (unpaired) electrons. The number of anilines is 1. The second-order valence-electron chi connectivity index (χ2n) is 6.96. The first kappa shape index (κ1) is 18.7. The summed E-state index contributed by atoms with van der Waals surface area (Å²) < 4.78 is 2.00. The summed E-state index contributed by atoms with van der Waals surface area (Å²) >= 11 is 3.04. The maximum absolute atomic E-state index is 13.1. The molecular weight excluding hydrogens is 412 g/mol. The third-order valence-corrected chi connectivity index (χ3v) is 7.06. The van der Waals surface area contributed by atoms with E-state index >= 15 is 0 Å². The van der Waals surface area contributed by atoms with Gasteiger partial charge in [0.15, 0.2) is 0 Å². The molecule has 0 unspecified atom stereocenters. The van der Waals surface area contributed by atoms with Gasteiger partial charge in [-0.25, -0.2) is 9.97 Å². The Morgan fingerprint density at radius 2 is 1.90 bits per heavy atom. The van der Waals surface area contributed by atoms with Crippen LogP contribution < -0.4 is 5.32 Å². The number of benzene rings is 1. The highest BCUT2D eigenvalue weighted by Crippen LogP contribution is 2.33. The van der Waals surface area contributed by atoms with Crippen molar-refractivity contribution < 1.29 is 4.79 Å². The zero-order valence-corrected chi connectivity index (χ0v) is 18.1. The first-order valence-corrected chi connectivity index (χ1v) is 11.2. The summed E-state index contributed by atoms with van der Waals surface area (Å²) in [6.07, 6.45) is 3.97. The van der Waals surface area contributed by atoms with E-state index in [4.69, 9.17) is 4.98 Å². The van der Waals surface area contributed by atoms with Gasteiger partial charge < -0.3 is 9.72 Å². The summed E-state index contributed by atoms with van der Waals surface area (Å²) in [5, 5.41) is 5.95. The minimum Gasteiger partial charge on any atom is -0.321 e. The monoisotopic (exact) mass is 430 g/mol. The van der Waals surface area contributed by atoms with E-state index < -0.39 is 0 Å². The van der Waals surface area contributed by atoms with Gasteiger partial charge in [-0.3, -0.25) is 4.79 Å². The minimum absolute atomic E-state index is 0.153. The molecule has 30 heavy (non-hydrogen) atoms. The Morgan fingerprint density at radius 3 is 2.70 bits per heavy atom. The van der Waals surface area contributed by atoms with Crippen LogP contribution in [0, 0.1) is 13.8 Å². The molecule has 0 atom stereocenters. The predicted molar refractivity (Wildman–Crippen MR) is 123 cm³/mol. The number of thiophene rings is 1. The number of hydrogen-bond acceptors (Lipinski definition) is 5. The van der Waals surface area contributed by atoms with Gasteiger partial charge in [0.2, 0.25) is 0 Å². The number of hydrogen-bond donors (Lipinski definition) is 1. The molecule has 0 spiro atoms. The summed E-state index contributed by atoms with van der Waals surface area (Å²) in [7, 11) is 0. The molecule has 0 bridgehead atoms. The van der Waals surface area contributed by atoms with Crippen molar-refractivity contribution in [3.05, 3.63) is 82.4 Å². The lowest BCUT2D eigenvalue weighted by Gasteiger charge is -2.08. The van der Waals surface area contributed by atoms with Gasteiger partial charge in [-0.1, -0.05) is 30.3 Å². The van der Waals surface area contributed by atoms with Crippen molar-refractivity contribution in [3.63, 3.8) is 0 Å². The highest BCUT2D eigenvalue weighted by Gasteiger charge is 2.19. The van der Waals surface area contributed by atoms with Gasteiger partial charge in [0.1, 0.15) is 15.5 Å². The minimum atomic E-state index is -0.153. The largest absolute Gasteiger partial charge is 0.321 e. The Bertz CT molecular complexity index is 1370. The maximum atomic E-state index is 13.1. The fraction of sp³-hybridized carbons (Fsp3) is 0.0870. The molecule has 7 heteroatoms. The van der Waals surface area contributed by atoms with Crippen molar-refractivity contribution in [1.82, 2.24) is 14.4 Å². The van der Waals surface area contributed by atoms with Crippen LogP contribution >= 0.6 is 22.7 Å². The van der Waals surface area contributed by atoms with Gasteiger partial charge in [-0.2, -0.15) is 0 Å². The van der Waals surface area contributed by atoms with Crippen LogP contribution in [0.25, 0.3) is 26.8 Å². The quantitative estimate of drug-likeness (QED) is 0.377. The Labute approximate surface area is 181 Å². The van der Waals surface area contributed by atoms with E-state index in [1.807, 2.05) is 84.6 Å². The molecule has 1 amide bonds. The van der Waals surface area contributed by atoms with Gasteiger partial charge >= 0.3 is 0 Å². The Hall–Kier alpha value is -3.29. The molecule has 0 saturated carbocycles. The molecule has 5 rings (SSSR count). The molecule has 0 fully saturated rings. The van der Waals surface area contributed by atoms with Crippen LogP contribution in [0.15, 0.2) is 66.3 Å². The smallest absolute Gasteiger partial charge is 0.267 e. The highest BCUT2D eigenvalue weighted by molar-refractivity contribution is 7.22. The number of thiazole rings is 1.